The molecule has 0 atom stereocenters. The van der Waals surface area contributed by atoms with E-state index < -0.39 is 0 Å². The number of hydrogen-bond acceptors (Lipinski definition) is 5. The first kappa shape index (κ1) is 18.4. The van der Waals surface area contributed by atoms with Crippen LogP contribution in [-0.2, 0) is 13.2 Å². The molecule has 0 amide bonds. The van der Waals surface area contributed by atoms with Crippen LogP contribution in [0.3, 0.4) is 0 Å². The van der Waals surface area contributed by atoms with Crippen LogP contribution in [0.1, 0.15) is 16.7 Å². The molecule has 0 radical (unpaired) electrons. The summed E-state index contributed by atoms with van der Waals surface area (Å²) in [7, 11) is 1.61. The van der Waals surface area contributed by atoms with Gasteiger partial charge < -0.3 is 15.2 Å². The number of hydrogen-bond donors (Lipinski definition) is 1. The zero-order chi connectivity index (χ0) is 20.2. The fraction of sp³-hybridized carbons (Fsp3) is 0.130. The second-order valence-electron chi connectivity index (χ2n) is 6.61. The largest absolute Gasteiger partial charge is 0.497 e. The molecule has 2 N–H and O–H groups in total. The monoisotopic (exact) mass is 384 g/mol. The molecule has 1 aromatic heterocycles. The molecule has 1 heterocycles. The van der Waals surface area contributed by atoms with Crippen LogP contribution in [0.25, 0.3) is 10.8 Å². The van der Waals surface area contributed by atoms with Crippen LogP contribution in [0.15, 0.2) is 66.7 Å². The van der Waals surface area contributed by atoms with E-state index in [2.05, 4.69) is 29.4 Å². The molecule has 0 aliphatic carbocycles. The van der Waals surface area contributed by atoms with E-state index in [4.69, 9.17) is 15.2 Å². The van der Waals surface area contributed by atoms with E-state index >= 15 is 0 Å². The highest BCUT2D eigenvalue weighted by Gasteiger charge is 2.18. The van der Waals surface area contributed by atoms with Crippen molar-refractivity contribution in [1.29, 1.82) is 5.26 Å². The summed E-state index contributed by atoms with van der Waals surface area (Å²) in [6, 6.07) is 23.9. The van der Waals surface area contributed by atoms with Gasteiger partial charge in [0.05, 0.1) is 13.7 Å². The average Bonchev–Trinajstić information content (AvgIpc) is 3.07. The van der Waals surface area contributed by atoms with Crippen molar-refractivity contribution in [2.24, 2.45) is 0 Å². The summed E-state index contributed by atoms with van der Waals surface area (Å²) < 4.78 is 12.7. The van der Waals surface area contributed by atoms with Crippen LogP contribution in [0.4, 0.5) is 5.82 Å². The number of anilines is 1. The lowest BCUT2D eigenvalue weighted by atomic mass is 10.0. The number of nitriles is 1. The third kappa shape index (κ3) is 3.71. The van der Waals surface area contributed by atoms with Crippen molar-refractivity contribution in [3.05, 3.63) is 83.4 Å². The lowest BCUT2D eigenvalue weighted by Gasteiger charge is -2.08. The Morgan fingerprint density at radius 1 is 1.07 bits per heavy atom. The molecule has 6 nitrogen and oxygen atoms in total. The predicted molar refractivity (Wildman–Crippen MR) is 112 cm³/mol. The topological polar surface area (TPSA) is 86.1 Å². The normalized spacial score (nSPS) is 10.6. The second kappa shape index (κ2) is 7.95. The van der Waals surface area contributed by atoms with Gasteiger partial charge in [0.1, 0.15) is 24.2 Å². The SMILES string of the molecule is COc1cccc(COc2nn(Cc3cccc4ccccc34)c(N)c2C#N)c1. The van der Waals surface area contributed by atoms with Crippen LogP contribution in [0.5, 0.6) is 11.6 Å². The molecule has 0 fully saturated rings. The first-order valence-corrected chi connectivity index (χ1v) is 9.18. The molecule has 0 spiro atoms. The van der Waals surface area contributed by atoms with Gasteiger partial charge in [0.15, 0.2) is 5.56 Å². The molecule has 4 rings (SSSR count). The fourth-order valence-electron chi connectivity index (χ4n) is 3.28. The van der Waals surface area contributed by atoms with Gasteiger partial charge in [-0.25, -0.2) is 4.68 Å². The third-order valence-electron chi connectivity index (χ3n) is 4.78. The number of fused-ring (bicyclic) bond motifs is 1. The first-order chi connectivity index (χ1) is 14.2. The van der Waals surface area contributed by atoms with Gasteiger partial charge in [0.25, 0.3) is 5.88 Å². The van der Waals surface area contributed by atoms with E-state index in [9.17, 15) is 5.26 Å². The van der Waals surface area contributed by atoms with Crippen molar-refractivity contribution in [3.63, 3.8) is 0 Å². The molecule has 4 aromatic rings. The molecule has 0 saturated heterocycles. The van der Waals surface area contributed by atoms with E-state index in [0.717, 1.165) is 27.6 Å². The Morgan fingerprint density at radius 3 is 2.69 bits per heavy atom. The minimum absolute atomic E-state index is 0.230. The van der Waals surface area contributed by atoms with Crippen molar-refractivity contribution in [2.75, 3.05) is 12.8 Å². The maximum Gasteiger partial charge on any atom is 0.253 e. The Kier molecular flexibility index (Phi) is 5.04. The van der Waals surface area contributed by atoms with Crippen LogP contribution in [0, 0.1) is 11.3 Å². The second-order valence-corrected chi connectivity index (χ2v) is 6.61. The van der Waals surface area contributed by atoms with Crippen molar-refractivity contribution in [2.45, 2.75) is 13.2 Å². The molecular formula is C23H20N4O2. The van der Waals surface area contributed by atoms with E-state index in [1.165, 1.54) is 0 Å². The standard InChI is InChI=1S/C23H20N4O2/c1-28-19-10-4-6-16(12-19)15-29-23-21(13-24)22(25)27(26-23)14-18-9-5-8-17-7-2-3-11-20(17)18/h2-12H,14-15,25H2,1H3. The van der Waals surface area contributed by atoms with E-state index in [-0.39, 0.29) is 18.1 Å². The zero-order valence-corrected chi connectivity index (χ0v) is 16.0. The summed E-state index contributed by atoms with van der Waals surface area (Å²) in [5.74, 6) is 1.27. The molecule has 0 aliphatic rings. The lowest BCUT2D eigenvalue weighted by Crippen LogP contribution is -2.07. The number of aromatic nitrogens is 2. The smallest absolute Gasteiger partial charge is 0.253 e. The summed E-state index contributed by atoms with van der Waals surface area (Å²) in [6.07, 6.45) is 0. The quantitative estimate of drug-likeness (QED) is 0.540. The van der Waals surface area contributed by atoms with Gasteiger partial charge in [0, 0.05) is 0 Å². The van der Waals surface area contributed by atoms with Crippen molar-refractivity contribution >= 4 is 16.6 Å². The number of ether oxygens (including phenoxy) is 2. The minimum atomic E-state index is 0.230. The van der Waals surface area contributed by atoms with Crippen LogP contribution >= 0.6 is 0 Å². The Labute approximate surface area is 168 Å². The molecule has 144 valence electrons. The molecule has 0 bridgehead atoms. The summed E-state index contributed by atoms with van der Waals surface area (Å²) in [5, 5.41) is 16.3. The molecule has 0 unspecified atom stereocenters. The van der Waals surface area contributed by atoms with E-state index in [1.54, 1.807) is 11.8 Å². The number of benzene rings is 3. The predicted octanol–water partition coefficient (Wildman–Crippen LogP) is 4.13. The summed E-state index contributed by atoms with van der Waals surface area (Å²) in [4.78, 5) is 0. The average molecular weight is 384 g/mol. The first-order valence-electron chi connectivity index (χ1n) is 9.18. The summed E-state index contributed by atoms with van der Waals surface area (Å²) >= 11 is 0. The Hall–Kier alpha value is -3.98. The number of methoxy groups -OCH3 is 1. The number of nitrogens with zero attached hydrogens (tertiary/aromatic N) is 3. The van der Waals surface area contributed by atoms with Gasteiger partial charge in [-0.05, 0) is 34.0 Å². The summed E-state index contributed by atoms with van der Waals surface area (Å²) in [5.41, 5.74) is 8.43. The third-order valence-corrected chi connectivity index (χ3v) is 4.78. The van der Waals surface area contributed by atoms with Gasteiger partial charge in [-0.3, -0.25) is 0 Å². The van der Waals surface area contributed by atoms with Gasteiger partial charge >= 0.3 is 0 Å². The van der Waals surface area contributed by atoms with Gasteiger partial charge in [-0.2, -0.15) is 5.26 Å². The highest BCUT2D eigenvalue weighted by Crippen LogP contribution is 2.27. The summed E-state index contributed by atoms with van der Waals surface area (Å²) in [6.45, 7) is 0.709. The maximum absolute atomic E-state index is 9.55. The Bertz CT molecular complexity index is 1200. The van der Waals surface area contributed by atoms with E-state index in [0.29, 0.717) is 12.4 Å². The number of nitrogens with two attached hydrogens (primary N) is 1. The maximum atomic E-state index is 9.55. The molecule has 0 aliphatic heterocycles. The molecule has 29 heavy (non-hydrogen) atoms. The van der Waals surface area contributed by atoms with Gasteiger partial charge in [0.2, 0.25) is 0 Å². The van der Waals surface area contributed by atoms with Crippen molar-refractivity contribution in [3.8, 4) is 17.7 Å². The highest BCUT2D eigenvalue weighted by molar-refractivity contribution is 5.85. The molecule has 0 saturated carbocycles. The number of nitrogen functional groups attached to an aromatic ring is 1. The Morgan fingerprint density at radius 2 is 1.86 bits per heavy atom. The van der Waals surface area contributed by atoms with Gasteiger partial charge in [-0.15, -0.1) is 5.10 Å². The Balaban J connectivity index is 1.61. The van der Waals surface area contributed by atoms with Crippen LogP contribution in [-0.4, -0.2) is 16.9 Å². The van der Waals surface area contributed by atoms with Crippen LogP contribution in [0.2, 0.25) is 0 Å². The highest BCUT2D eigenvalue weighted by atomic mass is 16.5. The van der Waals surface area contributed by atoms with E-state index in [1.807, 2.05) is 48.5 Å². The lowest BCUT2D eigenvalue weighted by molar-refractivity contribution is 0.288. The van der Waals surface area contributed by atoms with Crippen molar-refractivity contribution in [1.82, 2.24) is 9.78 Å². The van der Waals surface area contributed by atoms with Gasteiger partial charge in [-0.1, -0.05) is 54.6 Å². The molecule has 6 heteroatoms. The van der Waals surface area contributed by atoms with Crippen LogP contribution < -0.4 is 15.2 Å². The molecule has 3 aromatic carbocycles. The molecular weight excluding hydrogens is 364 g/mol. The fourth-order valence-corrected chi connectivity index (χ4v) is 3.28. The number of rotatable bonds is 6. The van der Waals surface area contributed by atoms with Crippen molar-refractivity contribution < 1.29 is 9.47 Å². The minimum Gasteiger partial charge on any atom is -0.497 e. The zero-order valence-electron chi connectivity index (χ0n) is 16.0.